The summed E-state index contributed by atoms with van der Waals surface area (Å²) >= 11 is 0. The van der Waals surface area contributed by atoms with Crippen LogP contribution in [0.1, 0.15) is 5.56 Å². The molecular weight excluding hydrogens is 277 g/mol. The largest absolute Gasteiger partial charge is 0.481 e. The van der Waals surface area contributed by atoms with Crippen LogP contribution in [0, 0.1) is 24.6 Å². The fourth-order valence-corrected chi connectivity index (χ4v) is 2.86. The minimum absolute atomic E-state index is 0.343. The van der Waals surface area contributed by atoms with Crippen molar-refractivity contribution in [3.63, 3.8) is 0 Å². The van der Waals surface area contributed by atoms with E-state index in [1.54, 1.807) is 25.1 Å². The zero-order valence-electron chi connectivity index (χ0n) is 11.2. The summed E-state index contributed by atoms with van der Waals surface area (Å²) in [6.07, 6.45) is 2.26. The number of hydrogen-bond acceptors (Lipinski definition) is 3. The van der Waals surface area contributed by atoms with Gasteiger partial charge in [-0.05, 0) is 24.6 Å². The van der Waals surface area contributed by atoms with Gasteiger partial charge in [-0.15, -0.1) is 0 Å². The van der Waals surface area contributed by atoms with Crippen LogP contribution in [0.4, 0.5) is 10.1 Å². The maximum absolute atomic E-state index is 13.2. The zero-order chi connectivity index (χ0) is 15.1. The molecule has 2 aliphatic rings. The predicted molar refractivity (Wildman–Crippen MR) is 72.2 cm³/mol. The first-order valence-electron chi connectivity index (χ1n) is 6.61. The molecule has 1 saturated heterocycles. The summed E-state index contributed by atoms with van der Waals surface area (Å²) in [6.45, 7) is 1.74. The van der Waals surface area contributed by atoms with Gasteiger partial charge < -0.3 is 15.2 Å². The number of ether oxygens (including phenoxy) is 1. The van der Waals surface area contributed by atoms with Crippen LogP contribution in [0.2, 0.25) is 0 Å². The van der Waals surface area contributed by atoms with Crippen molar-refractivity contribution in [3.8, 4) is 0 Å². The molecule has 2 heterocycles. The van der Waals surface area contributed by atoms with E-state index in [4.69, 9.17) is 4.74 Å². The first-order valence-corrected chi connectivity index (χ1v) is 6.61. The van der Waals surface area contributed by atoms with Crippen LogP contribution in [-0.4, -0.2) is 29.2 Å². The summed E-state index contributed by atoms with van der Waals surface area (Å²) < 4.78 is 18.7. The van der Waals surface area contributed by atoms with Gasteiger partial charge in [0.2, 0.25) is 5.91 Å². The molecule has 21 heavy (non-hydrogen) atoms. The molecule has 4 atom stereocenters. The predicted octanol–water partition coefficient (Wildman–Crippen LogP) is 1.73. The fourth-order valence-electron chi connectivity index (χ4n) is 2.86. The number of hydrogen-bond donors (Lipinski definition) is 2. The molecule has 1 aromatic rings. The Morgan fingerprint density at radius 1 is 1.24 bits per heavy atom. The molecule has 1 aromatic carbocycles. The lowest BCUT2D eigenvalue weighted by molar-refractivity contribution is -0.145. The second kappa shape index (κ2) is 4.96. The van der Waals surface area contributed by atoms with Gasteiger partial charge in [-0.2, -0.15) is 0 Å². The van der Waals surface area contributed by atoms with E-state index in [-0.39, 0.29) is 0 Å². The van der Waals surface area contributed by atoms with E-state index in [0.717, 1.165) is 0 Å². The average Bonchev–Trinajstić information content (AvgIpc) is 3.03. The normalized spacial score (nSPS) is 29.6. The van der Waals surface area contributed by atoms with Gasteiger partial charge in [0.1, 0.15) is 11.7 Å². The Hall–Kier alpha value is -2.21. The summed E-state index contributed by atoms with van der Waals surface area (Å²) in [7, 11) is 0. The van der Waals surface area contributed by atoms with Gasteiger partial charge in [0.15, 0.2) is 0 Å². The Kier molecular flexibility index (Phi) is 3.25. The van der Waals surface area contributed by atoms with Crippen molar-refractivity contribution in [2.45, 2.75) is 19.1 Å². The summed E-state index contributed by atoms with van der Waals surface area (Å²) in [6, 6.07) is 4.07. The van der Waals surface area contributed by atoms with E-state index >= 15 is 0 Å². The molecule has 2 aliphatic heterocycles. The van der Waals surface area contributed by atoms with Crippen LogP contribution in [0.15, 0.2) is 30.4 Å². The molecule has 0 spiro atoms. The number of fused-ring (bicyclic) bond motifs is 2. The first kappa shape index (κ1) is 13.8. The molecule has 3 rings (SSSR count). The van der Waals surface area contributed by atoms with E-state index < -0.39 is 41.7 Å². The molecule has 1 fully saturated rings. The molecule has 1 amide bonds. The smallest absolute Gasteiger partial charge is 0.310 e. The molecule has 0 aromatic heterocycles. The minimum atomic E-state index is -1.07. The number of aryl methyl sites for hydroxylation is 1. The van der Waals surface area contributed by atoms with Gasteiger partial charge in [-0.25, -0.2) is 4.39 Å². The second-order valence-corrected chi connectivity index (χ2v) is 5.29. The number of nitrogens with one attached hydrogen (secondary N) is 1. The lowest BCUT2D eigenvalue weighted by atomic mass is 9.82. The SMILES string of the molecule is Cc1ccc(F)cc1NC(=O)[C@H]1[C@@H](C(=O)O)[C@H]2C=C[C@H]1O2. The van der Waals surface area contributed by atoms with Gasteiger partial charge in [-0.3, -0.25) is 9.59 Å². The Bertz CT molecular complexity index is 643. The van der Waals surface area contributed by atoms with Crippen LogP contribution in [0.25, 0.3) is 0 Å². The fraction of sp³-hybridized carbons (Fsp3) is 0.333. The second-order valence-electron chi connectivity index (χ2n) is 5.29. The number of rotatable bonds is 3. The molecule has 6 heteroatoms. The van der Waals surface area contributed by atoms with Gasteiger partial charge in [0, 0.05) is 5.69 Å². The van der Waals surface area contributed by atoms with Gasteiger partial charge >= 0.3 is 5.97 Å². The molecule has 2 N–H and O–H groups in total. The van der Waals surface area contributed by atoms with Crippen molar-refractivity contribution in [1.82, 2.24) is 0 Å². The average molecular weight is 291 g/mol. The Balaban J connectivity index is 1.83. The third-order valence-corrected chi connectivity index (χ3v) is 3.94. The van der Waals surface area contributed by atoms with Gasteiger partial charge in [-0.1, -0.05) is 18.2 Å². The number of amides is 1. The van der Waals surface area contributed by atoms with Crippen molar-refractivity contribution in [2.75, 3.05) is 5.32 Å². The highest BCUT2D eigenvalue weighted by Gasteiger charge is 2.53. The van der Waals surface area contributed by atoms with E-state index in [1.807, 2.05) is 0 Å². The lowest BCUT2D eigenvalue weighted by Gasteiger charge is -2.21. The van der Waals surface area contributed by atoms with Crippen molar-refractivity contribution in [2.24, 2.45) is 11.8 Å². The van der Waals surface area contributed by atoms with Crippen LogP contribution < -0.4 is 5.32 Å². The lowest BCUT2D eigenvalue weighted by Crippen LogP contribution is -2.39. The molecule has 0 unspecified atom stereocenters. The van der Waals surface area contributed by atoms with E-state index in [2.05, 4.69) is 5.32 Å². The third-order valence-electron chi connectivity index (χ3n) is 3.94. The molecule has 110 valence electrons. The standard InChI is InChI=1S/C15H14FNO4/c1-7-2-3-8(16)6-9(7)17-14(18)12-10-4-5-11(21-10)13(12)15(19)20/h2-6,10-13H,1H3,(H,17,18)(H,19,20)/t10-,11-,12-,13+/m1/s1. The number of carboxylic acid groups (broad SMARTS) is 1. The topological polar surface area (TPSA) is 75.6 Å². The van der Waals surface area contributed by atoms with Crippen LogP contribution in [-0.2, 0) is 14.3 Å². The highest BCUT2D eigenvalue weighted by Crippen LogP contribution is 2.40. The summed E-state index contributed by atoms with van der Waals surface area (Å²) in [5.74, 6) is -3.71. The molecule has 5 nitrogen and oxygen atoms in total. The molecule has 0 radical (unpaired) electrons. The van der Waals surface area contributed by atoms with E-state index in [9.17, 15) is 19.1 Å². The maximum Gasteiger partial charge on any atom is 0.310 e. The summed E-state index contributed by atoms with van der Waals surface area (Å²) in [4.78, 5) is 23.7. The molecule has 2 bridgehead atoms. The Labute approximate surface area is 120 Å². The number of benzene rings is 1. The van der Waals surface area contributed by atoms with Crippen molar-refractivity contribution >= 4 is 17.6 Å². The van der Waals surface area contributed by atoms with Crippen LogP contribution >= 0.6 is 0 Å². The number of anilines is 1. The monoisotopic (exact) mass is 291 g/mol. The Morgan fingerprint density at radius 2 is 1.90 bits per heavy atom. The maximum atomic E-state index is 13.2. The highest BCUT2D eigenvalue weighted by molar-refractivity contribution is 5.97. The zero-order valence-corrected chi connectivity index (χ0v) is 11.2. The first-order chi connectivity index (χ1) is 9.97. The summed E-state index contributed by atoms with van der Waals surface area (Å²) in [5, 5.41) is 11.9. The number of carbonyl (C=O) groups excluding carboxylic acids is 1. The summed E-state index contributed by atoms with van der Waals surface area (Å²) in [5.41, 5.74) is 1.05. The van der Waals surface area contributed by atoms with Crippen molar-refractivity contribution < 1.29 is 23.8 Å². The van der Waals surface area contributed by atoms with E-state index in [1.165, 1.54) is 12.1 Å². The molecule has 0 saturated carbocycles. The number of aliphatic carboxylic acids is 1. The Morgan fingerprint density at radius 3 is 2.57 bits per heavy atom. The van der Waals surface area contributed by atoms with E-state index in [0.29, 0.717) is 11.3 Å². The van der Waals surface area contributed by atoms with Crippen molar-refractivity contribution in [1.29, 1.82) is 0 Å². The van der Waals surface area contributed by atoms with Crippen molar-refractivity contribution in [3.05, 3.63) is 41.7 Å². The number of halogens is 1. The molecular formula is C15H14FNO4. The third kappa shape index (κ3) is 2.31. The number of carbonyl (C=O) groups is 2. The van der Waals surface area contributed by atoms with Gasteiger partial charge in [0.25, 0.3) is 0 Å². The van der Waals surface area contributed by atoms with Gasteiger partial charge in [0.05, 0.1) is 18.1 Å². The number of carboxylic acids is 1. The molecule has 0 aliphatic carbocycles. The van der Waals surface area contributed by atoms with Crippen LogP contribution in [0.5, 0.6) is 0 Å². The highest BCUT2D eigenvalue weighted by atomic mass is 19.1. The quantitative estimate of drug-likeness (QED) is 0.832. The van der Waals surface area contributed by atoms with Crippen LogP contribution in [0.3, 0.4) is 0 Å². The minimum Gasteiger partial charge on any atom is -0.481 e.